The van der Waals surface area contributed by atoms with E-state index in [9.17, 15) is 5.11 Å². The predicted octanol–water partition coefficient (Wildman–Crippen LogP) is 0.486. The van der Waals surface area contributed by atoms with E-state index < -0.39 is 6.10 Å². The summed E-state index contributed by atoms with van der Waals surface area (Å²) in [6.45, 7) is 0. The fourth-order valence-corrected chi connectivity index (χ4v) is 1.40. The molecular formula is C10H12N4O. The van der Waals surface area contributed by atoms with Gasteiger partial charge in [-0.3, -0.25) is 4.68 Å². The Hall–Kier alpha value is -1.75. The van der Waals surface area contributed by atoms with Crippen LogP contribution in [-0.2, 0) is 13.5 Å². The molecule has 5 nitrogen and oxygen atoms in total. The van der Waals surface area contributed by atoms with Gasteiger partial charge in [-0.2, -0.15) is 5.10 Å². The summed E-state index contributed by atoms with van der Waals surface area (Å²) >= 11 is 0. The second kappa shape index (κ2) is 4.18. The Kier molecular flexibility index (Phi) is 2.73. The third kappa shape index (κ3) is 2.38. The molecule has 0 aromatic carbocycles. The van der Waals surface area contributed by atoms with Gasteiger partial charge in [0.05, 0.1) is 11.9 Å². The van der Waals surface area contributed by atoms with Crippen molar-refractivity contribution in [3.63, 3.8) is 0 Å². The van der Waals surface area contributed by atoms with Gasteiger partial charge in [0.1, 0.15) is 12.4 Å². The molecule has 15 heavy (non-hydrogen) atoms. The molecular weight excluding hydrogens is 192 g/mol. The third-order valence-corrected chi connectivity index (χ3v) is 2.13. The highest BCUT2D eigenvalue weighted by atomic mass is 16.3. The Morgan fingerprint density at radius 2 is 2.40 bits per heavy atom. The van der Waals surface area contributed by atoms with E-state index in [-0.39, 0.29) is 0 Å². The molecule has 1 unspecified atom stereocenters. The number of aryl methyl sites for hydroxylation is 1. The van der Waals surface area contributed by atoms with Gasteiger partial charge in [-0.1, -0.05) is 0 Å². The lowest BCUT2D eigenvalue weighted by Crippen LogP contribution is -2.03. The van der Waals surface area contributed by atoms with Gasteiger partial charge < -0.3 is 5.11 Å². The van der Waals surface area contributed by atoms with Crippen LogP contribution in [0.3, 0.4) is 0 Å². The van der Waals surface area contributed by atoms with Gasteiger partial charge in [-0.25, -0.2) is 9.97 Å². The Bertz CT molecular complexity index is 426. The Labute approximate surface area is 87.4 Å². The molecule has 2 aromatic heterocycles. The molecule has 2 rings (SSSR count). The van der Waals surface area contributed by atoms with Crippen LogP contribution in [-0.4, -0.2) is 24.9 Å². The highest BCUT2D eigenvalue weighted by molar-refractivity contribution is 5.10. The summed E-state index contributed by atoms with van der Waals surface area (Å²) in [4.78, 5) is 7.79. The van der Waals surface area contributed by atoms with Gasteiger partial charge >= 0.3 is 0 Å². The lowest BCUT2D eigenvalue weighted by atomic mass is 10.1. The van der Waals surface area contributed by atoms with E-state index in [0.717, 1.165) is 5.56 Å². The minimum atomic E-state index is -0.600. The largest absolute Gasteiger partial charge is 0.386 e. The van der Waals surface area contributed by atoms with Crippen molar-refractivity contribution in [3.8, 4) is 0 Å². The minimum absolute atomic E-state index is 0.519. The van der Waals surface area contributed by atoms with Crippen LogP contribution in [0.5, 0.6) is 0 Å². The summed E-state index contributed by atoms with van der Waals surface area (Å²) in [7, 11) is 1.85. The summed E-state index contributed by atoms with van der Waals surface area (Å²) in [5, 5.41) is 13.9. The molecule has 0 saturated carbocycles. The van der Waals surface area contributed by atoms with Gasteiger partial charge in [0.15, 0.2) is 0 Å². The van der Waals surface area contributed by atoms with Gasteiger partial charge in [0, 0.05) is 25.9 Å². The first-order valence-electron chi connectivity index (χ1n) is 4.67. The molecule has 2 heterocycles. The van der Waals surface area contributed by atoms with Crippen LogP contribution < -0.4 is 0 Å². The molecule has 0 radical (unpaired) electrons. The summed E-state index contributed by atoms with van der Waals surface area (Å²) in [5.41, 5.74) is 1.62. The van der Waals surface area contributed by atoms with Gasteiger partial charge in [-0.05, 0) is 11.6 Å². The summed E-state index contributed by atoms with van der Waals surface area (Å²) in [6.07, 6.45) is 6.59. The molecule has 0 aliphatic carbocycles. The molecule has 0 bridgehead atoms. The van der Waals surface area contributed by atoms with Crippen LogP contribution in [0, 0.1) is 0 Å². The molecule has 1 atom stereocenters. The average molecular weight is 204 g/mol. The van der Waals surface area contributed by atoms with Crippen molar-refractivity contribution in [2.75, 3.05) is 0 Å². The molecule has 78 valence electrons. The monoisotopic (exact) mass is 204 g/mol. The summed E-state index contributed by atoms with van der Waals surface area (Å²) < 4.78 is 1.71. The molecule has 0 amide bonds. The van der Waals surface area contributed by atoms with Crippen molar-refractivity contribution in [1.29, 1.82) is 0 Å². The maximum absolute atomic E-state index is 9.86. The molecule has 0 aliphatic rings. The lowest BCUT2D eigenvalue weighted by Gasteiger charge is -2.07. The van der Waals surface area contributed by atoms with E-state index in [1.807, 2.05) is 13.2 Å². The van der Waals surface area contributed by atoms with E-state index in [4.69, 9.17) is 0 Å². The molecule has 1 N–H and O–H groups in total. The van der Waals surface area contributed by atoms with Crippen molar-refractivity contribution in [3.05, 3.63) is 42.2 Å². The van der Waals surface area contributed by atoms with Crippen LogP contribution in [0.2, 0.25) is 0 Å². The molecule has 0 saturated heterocycles. The SMILES string of the molecule is Cn1cc(CC(O)c2ccncn2)cn1. The van der Waals surface area contributed by atoms with Gasteiger partial charge in [-0.15, -0.1) is 0 Å². The predicted molar refractivity (Wildman–Crippen MR) is 53.9 cm³/mol. The van der Waals surface area contributed by atoms with E-state index >= 15 is 0 Å². The fourth-order valence-electron chi connectivity index (χ4n) is 1.40. The highest BCUT2D eigenvalue weighted by Crippen LogP contribution is 2.14. The quantitative estimate of drug-likeness (QED) is 0.790. The minimum Gasteiger partial charge on any atom is -0.386 e. The Morgan fingerprint density at radius 1 is 1.53 bits per heavy atom. The van der Waals surface area contributed by atoms with Crippen molar-refractivity contribution in [2.24, 2.45) is 7.05 Å². The lowest BCUT2D eigenvalue weighted by molar-refractivity contribution is 0.173. The number of rotatable bonds is 3. The van der Waals surface area contributed by atoms with Crippen LogP contribution in [0.25, 0.3) is 0 Å². The van der Waals surface area contributed by atoms with Crippen molar-refractivity contribution >= 4 is 0 Å². The van der Waals surface area contributed by atoms with Crippen LogP contribution in [0.4, 0.5) is 0 Å². The number of nitrogens with zero attached hydrogens (tertiary/aromatic N) is 4. The molecule has 5 heteroatoms. The summed E-state index contributed by atoms with van der Waals surface area (Å²) in [6, 6.07) is 1.71. The van der Waals surface area contributed by atoms with E-state index in [1.165, 1.54) is 6.33 Å². The maximum atomic E-state index is 9.86. The van der Waals surface area contributed by atoms with Crippen LogP contribution >= 0.6 is 0 Å². The first-order chi connectivity index (χ1) is 7.25. The fraction of sp³-hybridized carbons (Fsp3) is 0.300. The van der Waals surface area contributed by atoms with Gasteiger partial charge in [0.25, 0.3) is 0 Å². The summed E-state index contributed by atoms with van der Waals surface area (Å²) in [5.74, 6) is 0. The standard InChI is InChI=1S/C10H12N4O/c1-14-6-8(5-13-14)4-10(15)9-2-3-11-7-12-9/h2-3,5-7,10,15H,4H2,1H3. The van der Waals surface area contributed by atoms with E-state index in [0.29, 0.717) is 12.1 Å². The Balaban J connectivity index is 2.07. The zero-order valence-corrected chi connectivity index (χ0v) is 8.41. The third-order valence-electron chi connectivity index (χ3n) is 2.13. The number of aromatic nitrogens is 4. The van der Waals surface area contributed by atoms with Crippen LogP contribution in [0.1, 0.15) is 17.4 Å². The normalized spacial score (nSPS) is 12.7. The Morgan fingerprint density at radius 3 is 3.00 bits per heavy atom. The average Bonchev–Trinajstić information content (AvgIpc) is 2.65. The van der Waals surface area contributed by atoms with Crippen molar-refractivity contribution < 1.29 is 5.11 Å². The zero-order valence-electron chi connectivity index (χ0n) is 8.41. The first kappa shape index (κ1) is 9.79. The van der Waals surface area contributed by atoms with Crippen LogP contribution in [0.15, 0.2) is 31.0 Å². The topological polar surface area (TPSA) is 63.8 Å². The number of aliphatic hydroxyl groups excluding tert-OH is 1. The van der Waals surface area contributed by atoms with Gasteiger partial charge in [0.2, 0.25) is 0 Å². The number of hydrogen-bond acceptors (Lipinski definition) is 4. The molecule has 0 fully saturated rings. The van der Waals surface area contributed by atoms with E-state index in [1.54, 1.807) is 23.1 Å². The maximum Gasteiger partial charge on any atom is 0.115 e. The number of hydrogen-bond donors (Lipinski definition) is 1. The molecule has 0 aliphatic heterocycles. The highest BCUT2D eigenvalue weighted by Gasteiger charge is 2.10. The zero-order chi connectivity index (χ0) is 10.7. The van der Waals surface area contributed by atoms with Crippen molar-refractivity contribution in [2.45, 2.75) is 12.5 Å². The molecule has 2 aromatic rings. The van der Waals surface area contributed by atoms with Crippen molar-refractivity contribution in [1.82, 2.24) is 19.7 Å². The smallest absolute Gasteiger partial charge is 0.115 e. The second-order valence-corrected chi connectivity index (χ2v) is 3.38. The first-order valence-corrected chi connectivity index (χ1v) is 4.67. The second-order valence-electron chi connectivity index (χ2n) is 3.38. The molecule has 0 spiro atoms. The number of aliphatic hydroxyl groups is 1. The van der Waals surface area contributed by atoms with E-state index in [2.05, 4.69) is 15.1 Å².